The number of ether oxygens (including phenoxy) is 4. The molecule has 1 saturated heterocycles. The fraction of sp³-hybridized carbons (Fsp3) is 0.735. The average Bonchev–Trinajstić information content (AvgIpc) is 3.18. The van der Waals surface area contributed by atoms with Crippen LogP contribution in [0.1, 0.15) is 173 Å². The van der Waals surface area contributed by atoms with Crippen LogP contribution in [0.2, 0.25) is 0 Å². The lowest BCUT2D eigenvalue weighted by Gasteiger charge is -2.47. The lowest BCUT2D eigenvalue weighted by atomic mass is 9.58. The summed E-state index contributed by atoms with van der Waals surface area (Å²) in [5.74, 6) is 2.12. The molecule has 8 heteroatoms. The van der Waals surface area contributed by atoms with Crippen molar-refractivity contribution in [1.82, 2.24) is 4.90 Å². The number of carbonyl (C=O) groups is 3. The predicted molar refractivity (Wildman–Crippen MR) is 228 cm³/mol. The van der Waals surface area contributed by atoms with E-state index in [1.807, 2.05) is 18.2 Å². The Morgan fingerprint density at radius 1 is 0.737 bits per heavy atom. The summed E-state index contributed by atoms with van der Waals surface area (Å²) in [6, 6.07) is 5.69. The van der Waals surface area contributed by atoms with Gasteiger partial charge < -0.3 is 23.8 Å². The largest absolute Gasteiger partial charge is 0.508 e. The number of piperidine rings is 1. The molecular formula is C49H77NO7. The van der Waals surface area contributed by atoms with Gasteiger partial charge in [-0.3, -0.25) is 9.59 Å². The van der Waals surface area contributed by atoms with Gasteiger partial charge in [-0.15, -0.1) is 0 Å². The first-order valence-corrected chi connectivity index (χ1v) is 22.9. The minimum atomic E-state index is -0.689. The first kappa shape index (κ1) is 46.6. The normalized spacial score (nSPS) is 23.8. The van der Waals surface area contributed by atoms with Gasteiger partial charge in [-0.05, 0) is 155 Å². The highest BCUT2D eigenvalue weighted by molar-refractivity contribution is 5.70. The van der Waals surface area contributed by atoms with Crippen LogP contribution in [0.15, 0.2) is 42.5 Å². The Hall–Kier alpha value is -3.13. The smallest absolute Gasteiger partial charge is 0.461 e. The molecule has 0 aromatic heterocycles. The van der Waals surface area contributed by atoms with Crippen molar-refractivity contribution in [3.63, 3.8) is 0 Å². The van der Waals surface area contributed by atoms with Gasteiger partial charge in [-0.2, -0.15) is 0 Å². The Kier molecular flexibility index (Phi) is 21.3. The Morgan fingerprint density at radius 2 is 1.33 bits per heavy atom. The molecule has 1 aromatic carbocycles. The lowest BCUT2D eigenvalue weighted by Crippen LogP contribution is -2.37. The van der Waals surface area contributed by atoms with Gasteiger partial charge in [0.1, 0.15) is 19.8 Å². The fourth-order valence-electron chi connectivity index (χ4n) is 9.77. The quantitative estimate of drug-likeness (QED) is 0.0418. The summed E-state index contributed by atoms with van der Waals surface area (Å²) < 4.78 is 22.6. The van der Waals surface area contributed by atoms with Crippen molar-refractivity contribution >= 4 is 18.1 Å². The van der Waals surface area contributed by atoms with Crippen LogP contribution >= 0.6 is 0 Å². The number of hydrogen-bond acceptors (Lipinski definition) is 8. The summed E-state index contributed by atoms with van der Waals surface area (Å²) in [6.07, 6.45) is 29.9. The van der Waals surface area contributed by atoms with Gasteiger partial charge in [0.05, 0.1) is 13.0 Å². The number of unbranched alkanes of at least 4 members (excludes halogenated alkanes) is 8. The van der Waals surface area contributed by atoms with Crippen LogP contribution in [0.3, 0.4) is 0 Å². The standard InChI is InChI=1S/C49H77NO7/c1-5-7-8-9-10-11-12-13-14-15-16-17-18-19-20-23-46(51)54-36-43-28-44(37-55-47(52)33-49(4)31-41-25-39(3)26-42(27-41)32-49)30-45(29-43)38-57-48(53)56-35-40-22-21-24-50(6-2)34-40/h10-11,13-14,28-30,39-42H,5-9,12,15-27,31-38H2,1-4H3/b11-10-,14-13-. The van der Waals surface area contributed by atoms with Crippen molar-refractivity contribution in [2.24, 2.45) is 29.1 Å². The topological polar surface area (TPSA) is 91.4 Å². The van der Waals surface area contributed by atoms with Crippen molar-refractivity contribution in [1.29, 1.82) is 0 Å². The van der Waals surface area contributed by atoms with E-state index in [9.17, 15) is 14.4 Å². The number of esters is 2. The van der Waals surface area contributed by atoms with Gasteiger partial charge in [0, 0.05) is 18.9 Å². The number of nitrogens with zero attached hydrogens (tertiary/aromatic N) is 1. The van der Waals surface area contributed by atoms with Crippen LogP contribution in [0.25, 0.3) is 0 Å². The number of hydrogen-bond donors (Lipinski definition) is 0. The summed E-state index contributed by atoms with van der Waals surface area (Å²) in [5, 5.41) is 0. The van der Waals surface area contributed by atoms with E-state index in [-0.39, 0.29) is 37.2 Å². The zero-order valence-electron chi connectivity index (χ0n) is 36.2. The molecule has 1 heterocycles. The van der Waals surface area contributed by atoms with Crippen LogP contribution in [0.4, 0.5) is 4.79 Å². The molecule has 3 atom stereocenters. The van der Waals surface area contributed by atoms with Crippen molar-refractivity contribution in [3.8, 4) is 0 Å². The van der Waals surface area contributed by atoms with E-state index < -0.39 is 6.16 Å². The number of benzene rings is 1. The summed E-state index contributed by atoms with van der Waals surface area (Å²) in [4.78, 5) is 40.9. The third-order valence-corrected chi connectivity index (χ3v) is 12.4. The Morgan fingerprint density at radius 3 is 1.98 bits per heavy atom. The van der Waals surface area contributed by atoms with Crippen LogP contribution in [-0.4, -0.2) is 49.2 Å². The molecule has 4 rings (SSSR count). The molecular weight excluding hydrogens is 715 g/mol. The summed E-state index contributed by atoms with van der Waals surface area (Å²) >= 11 is 0. The van der Waals surface area contributed by atoms with Crippen molar-refractivity contribution in [3.05, 3.63) is 59.2 Å². The molecule has 1 aromatic rings. The van der Waals surface area contributed by atoms with E-state index in [2.05, 4.69) is 56.9 Å². The number of rotatable bonds is 25. The van der Waals surface area contributed by atoms with Crippen molar-refractivity contribution < 1.29 is 33.3 Å². The molecule has 2 saturated carbocycles. The first-order chi connectivity index (χ1) is 27.6. The van der Waals surface area contributed by atoms with E-state index in [1.54, 1.807) is 0 Å². The van der Waals surface area contributed by atoms with Gasteiger partial charge in [0.2, 0.25) is 0 Å². The van der Waals surface area contributed by atoms with Crippen molar-refractivity contribution in [2.45, 2.75) is 176 Å². The molecule has 8 nitrogen and oxygen atoms in total. The third kappa shape index (κ3) is 19.0. The molecule has 3 aliphatic rings. The van der Waals surface area contributed by atoms with Crippen LogP contribution < -0.4 is 0 Å². The summed E-state index contributed by atoms with van der Waals surface area (Å²) in [5.41, 5.74) is 2.26. The lowest BCUT2D eigenvalue weighted by molar-refractivity contribution is -0.149. The van der Waals surface area contributed by atoms with E-state index in [0.29, 0.717) is 37.2 Å². The predicted octanol–water partition coefficient (Wildman–Crippen LogP) is 12.2. The first-order valence-electron chi connectivity index (χ1n) is 22.9. The van der Waals surface area contributed by atoms with E-state index in [1.165, 1.54) is 57.8 Å². The minimum Gasteiger partial charge on any atom is -0.461 e. The van der Waals surface area contributed by atoms with E-state index in [0.717, 1.165) is 100 Å². The molecule has 0 spiro atoms. The Balaban J connectivity index is 1.20. The molecule has 3 fully saturated rings. The maximum atomic E-state index is 13.2. The highest BCUT2D eigenvalue weighted by Gasteiger charge is 2.42. The highest BCUT2D eigenvalue weighted by atomic mass is 16.7. The fourth-order valence-corrected chi connectivity index (χ4v) is 9.77. The molecule has 1 aliphatic heterocycles. The van der Waals surface area contributed by atoms with Gasteiger partial charge in [0.25, 0.3) is 0 Å². The molecule has 2 bridgehead atoms. The number of allylic oxidation sites excluding steroid dienone is 4. The van der Waals surface area contributed by atoms with E-state index >= 15 is 0 Å². The maximum Gasteiger partial charge on any atom is 0.508 e. The Labute approximate surface area is 345 Å². The Bertz CT molecular complexity index is 1390. The highest BCUT2D eigenvalue weighted by Crippen LogP contribution is 2.51. The zero-order chi connectivity index (χ0) is 40.7. The summed E-state index contributed by atoms with van der Waals surface area (Å²) in [7, 11) is 0. The maximum absolute atomic E-state index is 13.2. The van der Waals surface area contributed by atoms with Gasteiger partial charge >= 0.3 is 18.1 Å². The monoisotopic (exact) mass is 792 g/mol. The van der Waals surface area contributed by atoms with Crippen LogP contribution in [0, 0.1) is 29.1 Å². The third-order valence-electron chi connectivity index (χ3n) is 12.4. The molecule has 0 N–H and O–H groups in total. The molecule has 0 amide bonds. The van der Waals surface area contributed by atoms with Crippen LogP contribution in [-0.2, 0) is 48.4 Å². The summed E-state index contributed by atoms with van der Waals surface area (Å²) in [6.45, 7) is 12.6. The zero-order valence-corrected chi connectivity index (χ0v) is 36.2. The van der Waals surface area contributed by atoms with Gasteiger partial charge in [0.15, 0.2) is 0 Å². The molecule has 0 radical (unpaired) electrons. The number of carbonyl (C=O) groups excluding carboxylic acids is 3. The van der Waals surface area contributed by atoms with Crippen LogP contribution in [0.5, 0.6) is 0 Å². The van der Waals surface area contributed by atoms with Gasteiger partial charge in [-0.25, -0.2) is 4.79 Å². The minimum absolute atomic E-state index is 0.0125. The van der Waals surface area contributed by atoms with Crippen molar-refractivity contribution in [2.75, 3.05) is 26.2 Å². The second-order valence-electron chi connectivity index (χ2n) is 18.2. The second-order valence-corrected chi connectivity index (χ2v) is 18.2. The number of likely N-dealkylation sites (tertiary alicyclic amines) is 1. The molecule has 3 unspecified atom stereocenters. The average molecular weight is 792 g/mol. The van der Waals surface area contributed by atoms with Gasteiger partial charge in [-0.1, -0.05) is 84.1 Å². The molecule has 320 valence electrons. The van der Waals surface area contributed by atoms with E-state index in [4.69, 9.17) is 18.9 Å². The molecule has 57 heavy (non-hydrogen) atoms. The second kappa shape index (κ2) is 26.1. The SMILES string of the molecule is CCCCC/C=C\C/C=C\CCCCCCCC(=O)OCc1cc(COC(=O)CC2(C)CC3CC(C)CC(C3)C2)cc(COC(=O)OCC2CCCN(CC)C2)c1. The number of fused-ring (bicyclic) bond motifs is 2. The molecule has 2 aliphatic carbocycles.